The Morgan fingerprint density at radius 3 is 2.44 bits per heavy atom. The quantitative estimate of drug-likeness (QED) is 0.802. The van der Waals surface area contributed by atoms with Crippen LogP contribution in [0.15, 0.2) is 18.2 Å². The topological polar surface area (TPSA) is 30.5 Å². The molecule has 0 saturated carbocycles. The average molecular weight is 223 g/mol. The molecule has 0 heterocycles. The minimum atomic E-state index is 0.475. The van der Waals surface area contributed by atoms with Crippen molar-refractivity contribution >= 4 is 0 Å². The van der Waals surface area contributed by atoms with E-state index in [2.05, 4.69) is 25.2 Å². The van der Waals surface area contributed by atoms with Crippen LogP contribution in [0.4, 0.5) is 0 Å². The van der Waals surface area contributed by atoms with E-state index in [1.807, 2.05) is 12.1 Å². The van der Waals surface area contributed by atoms with Crippen LogP contribution < -0.4 is 14.8 Å². The van der Waals surface area contributed by atoms with Gasteiger partial charge in [0.1, 0.15) is 0 Å². The molecule has 1 N–H and O–H groups in total. The van der Waals surface area contributed by atoms with Crippen LogP contribution in [0.1, 0.15) is 19.4 Å². The Labute approximate surface area is 97.8 Å². The van der Waals surface area contributed by atoms with Gasteiger partial charge in [-0.15, -0.1) is 0 Å². The summed E-state index contributed by atoms with van der Waals surface area (Å²) in [5, 5.41) is 3.39. The van der Waals surface area contributed by atoms with Crippen molar-refractivity contribution < 1.29 is 9.47 Å². The zero-order valence-electron chi connectivity index (χ0n) is 10.5. The zero-order chi connectivity index (χ0) is 12.0. The van der Waals surface area contributed by atoms with Crippen LogP contribution in [0.5, 0.6) is 11.5 Å². The molecule has 0 amide bonds. The molecule has 3 nitrogen and oxygen atoms in total. The summed E-state index contributed by atoms with van der Waals surface area (Å²) < 4.78 is 10.5. The third kappa shape index (κ3) is 3.42. The third-order valence-electron chi connectivity index (χ3n) is 2.54. The molecular formula is C13H21NO2. The number of methoxy groups -OCH3 is 2. The lowest BCUT2D eigenvalue weighted by molar-refractivity contribution is 0.354. The van der Waals surface area contributed by atoms with Crippen LogP contribution in [0.3, 0.4) is 0 Å². The van der Waals surface area contributed by atoms with E-state index in [0.717, 1.165) is 24.5 Å². The molecule has 16 heavy (non-hydrogen) atoms. The molecule has 0 aromatic heterocycles. The first-order chi connectivity index (χ1) is 7.71. The molecule has 0 fully saturated rings. The van der Waals surface area contributed by atoms with Crippen LogP contribution in [0, 0.1) is 0 Å². The van der Waals surface area contributed by atoms with E-state index in [4.69, 9.17) is 9.47 Å². The first kappa shape index (κ1) is 12.8. The summed E-state index contributed by atoms with van der Waals surface area (Å²) in [6, 6.07) is 6.54. The summed E-state index contributed by atoms with van der Waals surface area (Å²) >= 11 is 0. The SMILES string of the molecule is CCN[C@@H](C)Cc1ccc(OC)c(OC)c1. The number of nitrogens with one attached hydrogen (secondary N) is 1. The number of hydrogen-bond acceptors (Lipinski definition) is 3. The number of ether oxygens (including phenoxy) is 2. The van der Waals surface area contributed by atoms with Crippen molar-refractivity contribution in [2.24, 2.45) is 0 Å². The van der Waals surface area contributed by atoms with Crippen molar-refractivity contribution in [1.29, 1.82) is 0 Å². The van der Waals surface area contributed by atoms with Crippen LogP contribution in [0.25, 0.3) is 0 Å². The van der Waals surface area contributed by atoms with E-state index >= 15 is 0 Å². The summed E-state index contributed by atoms with van der Waals surface area (Å²) in [5.74, 6) is 1.58. The molecule has 0 aliphatic heterocycles. The Balaban J connectivity index is 2.74. The highest BCUT2D eigenvalue weighted by molar-refractivity contribution is 5.43. The van der Waals surface area contributed by atoms with E-state index in [9.17, 15) is 0 Å². The van der Waals surface area contributed by atoms with Crippen LogP contribution >= 0.6 is 0 Å². The molecular weight excluding hydrogens is 202 g/mol. The maximum Gasteiger partial charge on any atom is 0.160 e. The highest BCUT2D eigenvalue weighted by Crippen LogP contribution is 2.27. The third-order valence-corrected chi connectivity index (χ3v) is 2.54. The molecule has 0 saturated heterocycles. The monoisotopic (exact) mass is 223 g/mol. The Hall–Kier alpha value is -1.22. The molecule has 0 aliphatic rings. The Morgan fingerprint density at radius 2 is 1.88 bits per heavy atom. The van der Waals surface area contributed by atoms with Crippen LogP contribution in [0.2, 0.25) is 0 Å². The van der Waals surface area contributed by atoms with Gasteiger partial charge in [-0.2, -0.15) is 0 Å². The molecule has 0 aliphatic carbocycles. The smallest absolute Gasteiger partial charge is 0.160 e. The normalized spacial score (nSPS) is 12.2. The Kier molecular flexibility index (Phi) is 5.12. The lowest BCUT2D eigenvalue weighted by Gasteiger charge is -2.14. The second kappa shape index (κ2) is 6.38. The molecule has 0 radical (unpaired) electrons. The van der Waals surface area contributed by atoms with Gasteiger partial charge in [0.2, 0.25) is 0 Å². The first-order valence-corrected chi connectivity index (χ1v) is 5.65. The van der Waals surface area contributed by atoms with E-state index < -0.39 is 0 Å². The predicted octanol–water partition coefficient (Wildman–Crippen LogP) is 2.24. The lowest BCUT2D eigenvalue weighted by Crippen LogP contribution is -2.27. The van der Waals surface area contributed by atoms with Crippen LogP contribution in [-0.2, 0) is 6.42 Å². The van der Waals surface area contributed by atoms with Crippen molar-refractivity contribution in [3.63, 3.8) is 0 Å². The second-order valence-corrected chi connectivity index (χ2v) is 3.85. The molecule has 1 atom stereocenters. The Bertz CT molecular complexity index is 326. The lowest BCUT2D eigenvalue weighted by atomic mass is 10.1. The highest BCUT2D eigenvalue weighted by Gasteiger charge is 2.07. The summed E-state index contributed by atoms with van der Waals surface area (Å²) in [6.45, 7) is 5.29. The van der Waals surface area contributed by atoms with E-state index in [-0.39, 0.29) is 0 Å². The number of benzene rings is 1. The minimum absolute atomic E-state index is 0.475. The molecule has 0 unspecified atom stereocenters. The van der Waals surface area contributed by atoms with Crippen molar-refractivity contribution in [3.05, 3.63) is 23.8 Å². The molecule has 1 aromatic carbocycles. The van der Waals surface area contributed by atoms with Gasteiger partial charge in [-0.05, 0) is 37.6 Å². The van der Waals surface area contributed by atoms with Crippen molar-refractivity contribution in [2.45, 2.75) is 26.3 Å². The fourth-order valence-electron chi connectivity index (χ4n) is 1.78. The number of hydrogen-bond donors (Lipinski definition) is 1. The molecule has 3 heteroatoms. The van der Waals surface area contributed by atoms with Gasteiger partial charge in [0, 0.05) is 6.04 Å². The zero-order valence-corrected chi connectivity index (χ0v) is 10.5. The highest BCUT2D eigenvalue weighted by atomic mass is 16.5. The largest absolute Gasteiger partial charge is 0.493 e. The van der Waals surface area contributed by atoms with Crippen molar-refractivity contribution in [2.75, 3.05) is 20.8 Å². The number of rotatable bonds is 6. The fraction of sp³-hybridized carbons (Fsp3) is 0.538. The maximum atomic E-state index is 5.27. The molecule has 90 valence electrons. The molecule has 1 aromatic rings. The summed E-state index contributed by atoms with van der Waals surface area (Å²) in [4.78, 5) is 0. The minimum Gasteiger partial charge on any atom is -0.493 e. The van der Waals surface area contributed by atoms with Gasteiger partial charge >= 0.3 is 0 Å². The molecule has 0 spiro atoms. The van der Waals surface area contributed by atoms with Crippen molar-refractivity contribution in [1.82, 2.24) is 5.32 Å². The predicted molar refractivity (Wildman–Crippen MR) is 66.4 cm³/mol. The van der Waals surface area contributed by atoms with Gasteiger partial charge in [0.05, 0.1) is 14.2 Å². The second-order valence-electron chi connectivity index (χ2n) is 3.85. The summed E-state index contributed by atoms with van der Waals surface area (Å²) in [7, 11) is 3.31. The number of likely N-dealkylation sites (N-methyl/N-ethyl adjacent to an activating group) is 1. The summed E-state index contributed by atoms with van der Waals surface area (Å²) in [6.07, 6.45) is 0.994. The van der Waals surface area contributed by atoms with Gasteiger partial charge in [-0.1, -0.05) is 13.0 Å². The average Bonchev–Trinajstić information content (AvgIpc) is 2.29. The molecule has 0 bridgehead atoms. The van der Waals surface area contributed by atoms with E-state index in [1.165, 1.54) is 5.56 Å². The first-order valence-electron chi connectivity index (χ1n) is 5.65. The van der Waals surface area contributed by atoms with Gasteiger partial charge in [0.15, 0.2) is 11.5 Å². The van der Waals surface area contributed by atoms with Crippen LogP contribution in [-0.4, -0.2) is 26.8 Å². The van der Waals surface area contributed by atoms with Gasteiger partial charge in [0.25, 0.3) is 0 Å². The van der Waals surface area contributed by atoms with Gasteiger partial charge in [-0.3, -0.25) is 0 Å². The standard InChI is InChI=1S/C13H21NO2/c1-5-14-10(2)8-11-6-7-12(15-3)13(9-11)16-4/h6-7,9-10,14H,5,8H2,1-4H3/t10-/m0/s1. The molecule has 1 rings (SSSR count). The maximum absolute atomic E-state index is 5.27. The van der Waals surface area contributed by atoms with E-state index in [0.29, 0.717) is 6.04 Å². The Morgan fingerprint density at radius 1 is 1.19 bits per heavy atom. The van der Waals surface area contributed by atoms with Gasteiger partial charge < -0.3 is 14.8 Å². The fourth-order valence-corrected chi connectivity index (χ4v) is 1.78. The van der Waals surface area contributed by atoms with E-state index in [1.54, 1.807) is 14.2 Å². The van der Waals surface area contributed by atoms with Crippen molar-refractivity contribution in [3.8, 4) is 11.5 Å². The summed E-state index contributed by atoms with van der Waals surface area (Å²) in [5.41, 5.74) is 1.26. The van der Waals surface area contributed by atoms with Gasteiger partial charge in [-0.25, -0.2) is 0 Å².